The van der Waals surface area contributed by atoms with E-state index in [1.54, 1.807) is 33.9 Å². The molecule has 0 fully saturated rings. The van der Waals surface area contributed by atoms with Crippen LogP contribution >= 0.6 is 0 Å². The van der Waals surface area contributed by atoms with E-state index in [0.717, 1.165) is 4.90 Å². The van der Waals surface area contributed by atoms with Gasteiger partial charge in [0.1, 0.15) is 6.54 Å². The molecular formula is C13H18F3N3O. The maximum absolute atomic E-state index is 12.6. The number of alkyl halides is 3. The van der Waals surface area contributed by atoms with E-state index >= 15 is 0 Å². The monoisotopic (exact) mass is 289 g/mol. The lowest BCUT2D eigenvalue weighted by Crippen LogP contribution is -2.43. The first kappa shape index (κ1) is 16.3. The number of rotatable bonds is 4. The smallest absolute Gasteiger partial charge is 0.387 e. The summed E-state index contributed by atoms with van der Waals surface area (Å²) in [6.45, 7) is 3.56. The Kier molecular flexibility index (Phi) is 4.97. The number of amides is 1. The van der Waals surface area contributed by atoms with Crippen LogP contribution in [0.15, 0.2) is 12.3 Å². The molecule has 0 radical (unpaired) electrons. The summed E-state index contributed by atoms with van der Waals surface area (Å²) in [7, 11) is 1.61. The van der Waals surface area contributed by atoms with Gasteiger partial charge in [-0.2, -0.15) is 13.2 Å². The van der Waals surface area contributed by atoms with Crippen LogP contribution in [0.2, 0.25) is 0 Å². The Hall–Kier alpha value is -1.79. The standard InChI is InChI=1S/C13H18F3N3O/c1-8(2)19(7-13(14,15)16)12(20)10-6-18-9(3)5-11(10)17-4/h5-6,8H,7H2,1-4H3,(H,17,18). The van der Waals surface area contributed by atoms with Crippen molar-refractivity contribution in [1.29, 1.82) is 0 Å². The predicted molar refractivity (Wildman–Crippen MR) is 70.7 cm³/mol. The molecule has 0 saturated carbocycles. The lowest BCUT2D eigenvalue weighted by molar-refractivity contribution is -0.143. The highest BCUT2D eigenvalue weighted by Gasteiger charge is 2.35. The Morgan fingerprint density at radius 1 is 1.45 bits per heavy atom. The molecule has 1 aromatic rings. The van der Waals surface area contributed by atoms with Crippen molar-refractivity contribution >= 4 is 11.6 Å². The molecule has 0 bridgehead atoms. The summed E-state index contributed by atoms with van der Waals surface area (Å²) in [5, 5.41) is 2.81. The predicted octanol–water partition coefficient (Wildman–Crippen LogP) is 2.84. The van der Waals surface area contributed by atoms with Gasteiger partial charge in [0.2, 0.25) is 0 Å². The van der Waals surface area contributed by atoms with E-state index in [9.17, 15) is 18.0 Å². The highest BCUT2D eigenvalue weighted by molar-refractivity contribution is 5.99. The summed E-state index contributed by atoms with van der Waals surface area (Å²) >= 11 is 0. The molecule has 20 heavy (non-hydrogen) atoms. The van der Waals surface area contributed by atoms with Gasteiger partial charge in [-0.1, -0.05) is 0 Å². The Bertz CT molecular complexity index is 486. The fourth-order valence-corrected chi connectivity index (χ4v) is 1.77. The SMILES string of the molecule is CNc1cc(C)ncc1C(=O)N(CC(F)(F)F)C(C)C. The maximum atomic E-state index is 12.6. The van der Waals surface area contributed by atoms with E-state index in [-0.39, 0.29) is 5.56 Å². The molecule has 0 aliphatic heterocycles. The molecule has 0 saturated heterocycles. The normalized spacial score (nSPS) is 11.6. The average Bonchev–Trinajstić information content (AvgIpc) is 2.33. The third-order valence-corrected chi connectivity index (χ3v) is 2.77. The van der Waals surface area contributed by atoms with Gasteiger partial charge in [-0.05, 0) is 26.8 Å². The third kappa shape index (κ3) is 4.11. The molecule has 4 nitrogen and oxygen atoms in total. The van der Waals surface area contributed by atoms with E-state index in [2.05, 4.69) is 10.3 Å². The van der Waals surface area contributed by atoms with Gasteiger partial charge < -0.3 is 10.2 Å². The minimum atomic E-state index is -4.43. The number of halogens is 3. The summed E-state index contributed by atoms with van der Waals surface area (Å²) in [6, 6.07) is 1.06. The molecule has 7 heteroatoms. The highest BCUT2D eigenvalue weighted by atomic mass is 19.4. The molecule has 1 amide bonds. The van der Waals surface area contributed by atoms with Crippen LogP contribution < -0.4 is 5.32 Å². The second kappa shape index (κ2) is 6.11. The summed E-state index contributed by atoms with van der Waals surface area (Å²) in [5.74, 6) is -0.686. The second-order valence-electron chi connectivity index (χ2n) is 4.76. The molecule has 0 aliphatic carbocycles. The van der Waals surface area contributed by atoms with Crippen LogP contribution in [-0.2, 0) is 0 Å². The zero-order valence-electron chi connectivity index (χ0n) is 11.9. The van der Waals surface area contributed by atoms with Crippen LogP contribution in [0.3, 0.4) is 0 Å². The van der Waals surface area contributed by atoms with E-state index < -0.39 is 24.7 Å². The van der Waals surface area contributed by atoms with Gasteiger partial charge in [0.15, 0.2) is 0 Å². The highest BCUT2D eigenvalue weighted by Crippen LogP contribution is 2.23. The van der Waals surface area contributed by atoms with Crippen molar-refractivity contribution in [2.45, 2.75) is 33.0 Å². The zero-order valence-corrected chi connectivity index (χ0v) is 11.9. The van der Waals surface area contributed by atoms with Gasteiger partial charge in [0.05, 0.1) is 11.3 Å². The summed E-state index contributed by atoms with van der Waals surface area (Å²) in [4.78, 5) is 17.1. The number of anilines is 1. The topological polar surface area (TPSA) is 45.2 Å². The molecule has 1 rings (SSSR count). The van der Waals surface area contributed by atoms with Gasteiger partial charge in [-0.25, -0.2) is 0 Å². The van der Waals surface area contributed by atoms with Crippen molar-refractivity contribution < 1.29 is 18.0 Å². The zero-order chi connectivity index (χ0) is 15.5. The van der Waals surface area contributed by atoms with Crippen LogP contribution in [0.25, 0.3) is 0 Å². The van der Waals surface area contributed by atoms with Crippen LogP contribution in [0.4, 0.5) is 18.9 Å². The molecule has 0 aliphatic rings. The molecule has 0 aromatic carbocycles. The number of pyridine rings is 1. The molecule has 0 spiro atoms. The van der Waals surface area contributed by atoms with Gasteiger partial charge in [0, 0.05) is 25.0 Å². The largest absolute Gasteiger partial charge is 0.406 e. The van der Waals surface area contributed by atoms with Gasteiger partial charge in [0.25, 0.3) is 5.91 Å². The first-order chi connectivity index (χ1) is 9.15. The van der Waals surface area contributed by atoms with Crippen molar-refractivity contribution in [2.24, 2.45) is 0 Å². The van der Waals surface area contributed by atoms with Gasteiger partial charge >= 0.3 is 6.18 Å². The van der Waals surface area contributed by atoms with Crippen molar-refractivity contribution in [3.8, 4) is 0 Å². The van der Waals surface area contributed by atoms with E-state index in [4.69, 9.17) is 0 Å². The number of nitrogens with one attached hydrogen (secondary N) is 1. The van der Waals surface area contributed by atoms with Crippen LogP contribution in [0, 0.1) is 6.92 Å². The minimum Gasteiger partial charge on any atom is -0.387 e. The van der Waals surface area contributed by atoms with Crippen molar-refractivity contribution in [3.63, 3.8) is 0 Å². The molecule has 1 heterocycles. The fraction of sp³-hybridized carbons (Fsp3) is 0.538. The van der Waals surface area contributed by atoms with Crippen LogP contribution in [0.1, 0.15) is 29.9 Å². The molecule has 0 unspecified atom stereocenters. The molecular weight excluding hydrogens is 271 g/mol. The quantitative estimate of drug-likeness (QED) is 0.927. The Morgan fingerprint density at radius 2 is 2.05 bits per heavy atom. The first-order valence-corrected chi connectivity index (χ1v) is 6.18. The van der Waals surface area contributed by atoms with E-state index in [1.165, 1.54) is 6.20 Å². The minimum absolute atomic E-state index is 0.135. The van der Waals surface area contributed by atoms with Gasteiger partial charge in [-0.3, -0.25) is 9.78 Å². The number of carbonyl (C=O) groups is 1. The van der Waals surface area contributed by atoms with Crippen LogP contribution in [0.5, 0.6) is 0 Å². The lowest BCUT2D eigenvalue weighted by Gasteiger charge is -2.28. The Labute approximate surface area is 116 Å². The lowest BCUT2D eigenvalue weighted by atomic mass is 10.1. The molecule has 1 N–H and O–H groups in total. The third-order valence-electron chi connectivity index (χ3n) is 2.77. The number of hydrogen-bond donors (Lipinski definition) is 1. The molecule has 112 valence electrons. The van der Waals surface area contributed by atoms with E-state index in [0.29, 0.717) is 11.4 Å². The number of hydrogen-bond acceptors (Lipinski definition) is 3. The summed E-state index contributed by atoms with van der Waals surface area (Å²) in [5.41, 5.74) is 1.28. The maximum Gasteiger partial charge on any atom is 0.406 e. The van der Waals surface area contributed by atoms with Crippen molar-refractivity contribution in [3.05, 3.63) is 23.5 Å². The Balaban J connectivity index is 3.13. The average molecular weight is 289 g/mol. The fourth-order valence-electron chi connectivity index (χ4n) is 1.77. The number of aromatic nitrogens is 1. The molecule has 1 aromatic heterocycles. The van der Waals surface area contributed by atoms with Crippen molar-refractivity contribution in [1.82, 2.24) is 9.88 Å². The molecule has 0 atom stereocenters. The first-order valence-electron chi connectivity index (χ1n) is 6.18. The summed E-state index contributed by atoms with van der Waals surface area (Å²) in [6.07, 6.45) is -3.13. The van der Waals surface area contributed by atoms with Crippen LogP contribution in [-0.4, -0.2) is 41.6 Å². The Morgan fingerprint density at radius 3 is 2.50 bits per heavy atom. The van der Waals surface area contributed by atoms with Gasteiger partial charge in [-0.15, -0.1) is 0 Å². The summed E-state index contributed by atoms with van der Waals surface area (Å²) < 4.78 is 37.7. The van der Waals surface area contributed by atoms with E-state index in [1.807, 2.05) is 0 Å². The van der Waals surface area contributed by atoms with Crippen molar-refractivity contribution in [2.75, 3.05) is 18.9 Å². The number of carbonyl (C=O) groups excluding carboxylic acids is 1. The number of aryl methyl sites for hydroxylation is 1. The number of nitrogens with zero attached hydrogens (tertiary/aromatic N) is 2. The second-order valence-corrected chi connectivity index (χ2v) is 4.76.